The van der Waals surface area contributed by atoms with Gasteiger partial charge in [0.05, 0.1) is 0 Å². The minimum Gasteiger partial charge on any atom is -0.294 e. The molecule has 2 aliphatic rings. The first-order chi connectivity index (χ1) is 6.67. The molecule has 0 saturated heterocycles. The second-order valence-corrected chi connectivity index (χ2v) is 5.04. The first kappa shape index (κ1) is 9.95. The van der Waals surface area contributed by atoms with E-state index in [4.69, 9.17) is 0 Å². The van der Waals surface area contributed by atoms with Gasteiger partial charge in [-0.25, -0.2) is 0 Å². The molecule has 1 atom stereocenters. The molecular formula is C13H20O. The van der Waals surface area contributed by atoms with Crippen molar-refractivity contribution in [2.45, 2.75) is 52.4 Å². The first-order valence-electron chi connectivity index (χ1n) is 5.89. The molecule has 0 aliphatic heterocycles. The van der Waals surface area contributed by atoms with E-state index in [2.05, 4.69) is 13.8 Å². The third-order valence-electron chi connectivity index (χ3n) is 4.36. The van der Waals surface area contributed by atoms with Crippen LogP contribution in [0.25, 0.3) is 0 Å². The lowest BCUT2D eigenvalue weighted by Gasteiger charge is -2.32. The zero-order valence-corrected chi connectivity index (χ0v) is 9.31. The van der Waals surface area contributed by atoms with E-state index in [1.54, 1.807) is 0 Å². The van der Waals surface area contributed by atoms with Crippen molar-refractivity contribution < 1.29 is 4.79 Å². The summed E-state index contributed by atoms with van der Waals surface area (Å²) in [5.41, 5.74) is 1.32. The van der Waals surface area contributed by atoms with Crippen LogP contribution in [0.4, 0.5) is 0 Å². The molecule has 2 aliphatic carbocycles. The fraction of sp³-hybridized carbons (Fsp3) is 0.769. The van der Waals surface area contributed by atoms with Crippen LogP contribution >= 0.6 is 0 Å². The third-order valence-corrected chi connectivity index (χ3v) is 4.36. The highest BCUT2D eigenvalue weighted by atomic mass is 16.1. The van der Waals surface area contributed by atoms with Crippen molar-refractivity contribution >= 4 is 5.78 Å². The van der Waals surface area contributed by atoms with Crippen LogP contribution in [0.2, 0.25) is 0 Å². The Balaban J connectivity index is 2.26. The van der Waals surface area contributed by atoms with E-state index < -0.39 is 0 Å². The minimum absolute atomic E-state index is 0.0145. The predicted molar refractivity (Wildman–Crippen MR) is 58.1 cm³/mol. The number of carbonyl (C=O) groups is 1. The zero-order valence-electron chi connectivity index (χ0n) is 9.31. The Morgan fingerprint density at radius 2 is 1.79 bits per heavy atom. The van der Waals surface area contributed by atoms with Gasteiger partial charge in [-0.15, -0.1) is 0 Å². The second kappa shape index (κ2) is 3.52. The molecule has 14 heavy (non-hydrogen) atoms. The van der Waals surface area contributed by atoms with Crippen LogP contribution in [0.15, 0.2) is 11.6 Å². The van der Waals surface area contributed by atoms with Crippen LogP contribution in [-0.4, -0.2) is 5.78 Å². The lowest BCUT2D eigenvalue weighted by atomic mass is 9.70. The van der Waals surface area contributed by atoms with Crippen LogP contribution in [0.5, 0.6) is 0 Å². The van der Waals surface area contributed by atoms with Gasteiger partial charge in [-0.2, -0.15) is 0 Å². The number of hydrogen-bond acceptors (Lipinski definition) is 1. The van der Waals surface area contributed by atoms with Crippen LogP contribution in [0, 0.1) is 11.3 Å². The summed E-state index contributed by atoms with van der Waals surface area (Å²) >= 11 is 0. The fourth-order valence-corrected chi connectivity index (χ4v) is 3.16. The molecule has 1 spiro atoms. The van der Waals surface area contributed by atoms with E-state index in [0.717, 1.165) is 12.8 Å². The molecule has 0 N–H and O–H groups in total. The van der Waals surface area contributed by atoms with E-state index in [9.17, 15) is 4.79 Å². The van der Waals surface area contributed by atoms with Gasteiger partial charge in [0.1, 0.15) is 0 Å². The molecule has 1 heteroatoms. The molecule has 0 amide bonds. The fourth-order valence-electron chi connectivity index (χ4n) is 3.16. The van der Waals surface area contributed by atoms with Crippen LogP contribution in [0.3, 0.4) is 0 Å². The van der Waals surface area contributed by atoms with Gasteiger partial charge < -0.3 is 0 Å². The smallest absolute Gasteiger partial charge is 0.162 e. The molecule has 1 fully saturated rings. The van der Waals surface area contributed by atoms with Gasteiger partial charge in [0.25, 0.3) is 0 Å². The first-order valence-corrected chi connectivity index (χ1v) is 5.89. The van der Waals surface area contributed by atoms with Gasteiger partial charge in [0.2, 0.25) is 0 Å². The van der Waals surface area contributed by atoms with Crippen molar-refractivity contribution in [3.8, 4) is 0 Å². The predicted octanol–water partition coefficient (Wildman–Crippen LogP) is 3.49. The van der Waals surface area contributed by atoms with Crippen molar-refractivity contribution in [2.75, 3.05) is 0 Å². The highest BCUT2D eigenvalue weighted by molar-refractivity contribution is 5.98. The Morgan fingerprint density at radius 1 is 1.21 bits per heavy atom. The molecule has 0 bridgehead atoms. The zero-order chi connectivity index (χ0) is 10.2. The highest BCUT2D eigenvalue weighted by Crippen LogP contribution is 2.49. The minimum atomic E-state index is 0.0145. The third kappa shape index (κ3) is 1.34. The number of rotatable bonds is 0. The van der Waals surface area contributed by atoms with E-state index in [1.807, 2.05) is 6.08 Å². The topological polar surface area (TPSA) is 17.1 Å². The average molecular weight is 192 g/mol. The Kier molecular flexibility index (Phi) is 2.50. The Hall–Kier alpha value is -0.590. The molecule has 2 rings (SSSR count). The average Bonchev–Trinajstić information content (AvgIpc) is 2.38. The maximum atomic E-state index is 12.0. The maximum absolute atomic E-state index is 12.0. The summed E-state index contributed by atoms with van der Waals surface area (Å²) in [6.45, 7) is 4.35. The Morgan fingerprint density at radius 3 is 2.21 bits per heavy atom. The Labute approximate surface area is 86.6 Å². The summed E-state index contributed by atoms with van der Waals surface area (Å²) in [5, 5.41) is 0. The van der Waals surface area contributed by atoms with Crippen molar-refractivity contribution in [1.82, 2.24) is 0 Å². The van der Waals surface area contributed by atoms with Crippen molar-refractivity contribution in [3.05, 3.63) is 11.6 Å². The molecule has 1 saturated carbocycles. The van der Waals surface area contributed by atoms with Crippen molar-refractivity contribution in [1.29, 1.82) is 0 Å². The van der Waals surface area contributed by atoms with Crippen LogP contribution < -0.4 is 0 Å². The SMILES string of the molecule is CC1=CC(=O)C2(CCCCCC2)C1C. The molecule has 0 aromatic rings. The Bertz CT molecular complexity index is 267. The number of carbonyl (C=O) groups excluding carboxylic acids is 1. The summed E-state index contributed by atoms with van der Waals surface area (Å²) in [6.07, 6.45) is 9.29. The van der Waals surface area contributed by atoms with E-state index in [0.29, 0.717) is 11.7 Å². The summed E-state index contributed by atoms with van der Waals surface area (Å²) < 4.78 is 0. The van der Waals surface area contributed by atoms with E-state index in [-0.39, 0.29) is 5.41 Å². The van der Waals surface area contributed by atoms with Crippen LogP contribution in [0.1, 0.15) is 52.4 Å². The van der Waals surface area contributed by atoms with Gasteiger partial charge >= 0.3 is 0 Å². The molecule has 0 aromatic carbocycles. The molecule has 0 heterocycles. The monoisotopic (exact) mass is 192 g/mol. The largest absolute Gasteiger partial charge is 0.294 e. The normalized spacial score (nSPS) is 31.7. The molecule has 0 aromatic heterocycles. The van der Waals surface area contributed by atoms with Crippen molar-refractivity contribution in [2.24, 2.45) is 11.3 Å². The quantitative estimate of drug-likeness (QED) is 0.574. The van der Waals surface area contributed by atoms with Gasteiger partial charge in [-0.05, 0) is 31.8 Å². The molecular weight excluding hydrogens is 172 g/mol. The van der Waals surface area contributed by atoms with Gasteiger partial charge in [0.15, 0.2) is 5.78 Å². The van der Waals surface area contributed by atoms with Gasteiger partial charge in [-0.1, -0.05) is 38.2 Å². The van der Waals surface area contributed by atoms with E-state index >= 15 is 0 Å². The molecule has 78 valence electrons. The molecule has 1 nitrogen and oxygen atoms in total. The molecule has 1 unspecified atom stereocenters. The summed E-state index contributed by atoms with van der Waals surface area (Å²) in [6, 6.07) is 0. The van der Waals surface area contributed by atoms with Gasteiger partial charge in [0, 0.05) is 5.41 Å². The van der Waals surface area contributed by atoms with Crippen molar-refractivity contribution in [3.63, 3.8) is 0 Å². The highest BCUT2D eigenvalue weighted by Gasteiger charge is 2.46. The summed E-state index contributed by atoms with van der Waals surface area (Å²) in [7, 11) is 0. The lowest BCUT2D eigenvalue weighted by molar-refractivity contribution is -0.125. The standard InChI is InChI=1S/C13H20O/c1-10-9-12(14)13(11(10)2)7-5-3-4-6-8-13/h9,11H,3-8H2,1-2H3. The number of hydrogen-bond donors (Lipinski definition) is 0. The number of ketones is 1. The van der Waals surface area contributed by atoms with Gasteiger partial charge in [-0.3, -0.25) is 4.79 Å². The van der Waals surface area contributed by atoms with Crippen LogP contribution in [-0.2, 0) is 4.79 Å². The maximum Gasteiger partial charge on any atom is 0.162 e. The summed E-state index contributed by atoms with van der Waals surface area (Å²) in [5.74, 6) is 0.914. The second-order valence-electron chi connectivity index (χ2n) is 5.04. The lowest BCUT2D eigenvalue weighted by Crippen LogP contribution is -2.32. The van der Waals surface area contributed by atoms with E-state index in [1.165, 1.54) is 31.3 Å². The summed E-state index contributed by atoms with van der Waals surface area (Å²) in [4.78, 5) is 12.0. The molecule has 0 radical (unpaired) electrons. The number of allylic oxidation sites excluding steroid dienone is 2.